The zero-order chi connectivity index (χ0) is 17.3. The van der Waals surface area contributed by atoms with Gasteiger partial charge in [-0.2, -0.15) is 0 Å². The second-order valence-corrected chi connectivity index (χ2v) is 5.83. The summed E-state index contributed by atoms with van der Waals surface area (Å²) in [6.45, 7) is 3.88. The maximum atomic E-state index is 12.9. The fourth-order valence-electron chi connectivity index (χ4n) is 2.75. The Morgan fingerprint density at radius 2 is 1.88 bits per heavy atom. The number of fused-ring (bicyclic) bond motifs is 1. The van der Waals surface area contributed by atoms with Crippen LogP contribution in [0.2, 0.25) is 0 Å². The molecule has 0 atom stereocenters. The summed E-state index contributed by atoms with van der Waals surface area (Å²) in [5.41, 5.74) is 4.23. The Bertz CT molecular complexity index is 941. The van der Waals surface area contributed by atoms with Crippen molar-refractivity contribution in [3.63, 3.8) is 0 Å². The quantitative estimate of drug-likeness (QED) is 0.592. The molecular formula is C19H18N2O3. The molecule has 0 aliphatic heterocycles. The predicted molar refractivity (Wildman–Crippen MR) is 91.2 cm³/mol. The number of hydrogen-bond donors (Lipinski definition) is 1. The number of ether oxygens (including phenoxy) is 1. The molecule has 24 heavy (non-hydrogen) atoms. The van der Waals surface area contributed by atoms with E-state index in [4.69, 9.17) is 4.74 Å². The molecule has 1 N–H and O–H groups in total. The first-order valence-corrected chi connectivity index (χ1v) is 7.65. The molecule has 1 aromatic carbocycles. The number of carbonyl (C=O) groups is 2. The number of hydrogen-bond acceptors (Lipinski definition) is 4. The summed E-state index contributed by atoms with van der Waals surface area (Å²) in [7, 11) is 1.34. The number of benzene rings is 1. The lowest BCUT2D eigenvalue weighted by molar-refractivity contribution is -0.139. The number of ketones is 1. The second-order valence-electron chi connectivity index (χ2n) is 5.83. The summed E-state index contributed by atoms with van der Waals surface area (Å²) in [6, 6.07) is 9.40. The van der Waals surface area contributed by atoms with Gasteiger partial charge in [-0.25, -0.2) is 0 Å². The number of methoxy groups -OCH3 is 1. The Hall–Kier alpha value is -2.95. The van der Waals surface area contributed by atoms with E-state index in [1.165, 1.54) is 7.11 Å². The molecular weight excluding hydrogens is 304 g/mol. The number of rotatable bonds is 4. The summed E-state index contributed by atoms with van der Waals surface area (Å²) >= 11 is 0. The fourth-order valence-corrected chi connectivity index (χ4v) is 2.75. The maximum absolute atomic E-state index is 12.9. The largest absolute Gasteiger partial charge is 0.469 e. The van der Waals surface area contributed by atoms with Gasteiger partial charge in [0.25, 0.3) is 0 Å². The summed E-state index contributed by atoms with van der Waals surface area (Å²) in [5, 5.41) is 0.849. The molecule has 0 unspecified atom stereocenters. The molecule has 0 bridgehead atoms. The van der Waals surface area contributed by atoms with Gasteiger partial charge in [-0.1, -0.05) is 12.1 Å². The van der Waals surface area contributed by atoms with Crippen LogP contribution in [0.1, 0.15) is 32.9 Å². The van der Waals surface area contributed by atoms with Crippen LogP contribution in [0.3, 0.4) is 0 Å². The number of H-pyrrole nitrogens is 1. The Labute approximate surface area is 139 Å². The van der Waals surface area contributed by atoms with E-state index in [9.17, 15) is 9.59 Å². The first-order chi connectivity index (χ1) is 11.5. The first-order valence-electron chi connectivity index (χ1n) is 7.65. The first kappa shape index (κ1) is 15.9. The number of aromatic nitrogens is 2. The van der Waals surface area contributed by atoms with Gasteiger partial charge < -0.3 is 9.72 Å². The van der Waals surface area contributed by atoms with Crippen LogP contribution in [-0.4, -0.2) is 28.8 Å². The average molecular weight is 322 g/mol. The minimum absolute atomic E-state index is 0.0342. The van der Waals surface area contributed by atoms with Gasteiger partial charge in [0.15, 0.2) is 0 Å². The van der Waals surface area contributed by atoms with Gasteiger partial charge in [-0.15, -0.1) is 0 Å². The molecule has 0 saturated carbocycles. The molecule has 0 aliphatic carbocycles. The molecule has 0 aliphatic rings. The van der Waals surface area contributed by atoms with Gasteiger partial charge in [0.05, 0.1) is 19.2 Å². The lowest BCUT2D eigenvalue weighted by Gasteiger charge is -2.04. The summed E-state index contributed by atoms with van der Waals surface area (Å²) in [5.74, 6) is -0.616. The van der Waals surface area contributed by atoms with Crippen LogP contribution in [0.5, 0.6) is 0 Å². The van der Waals surface area contributed by atoms with E-state index in [1.54, 1.807) is 12.3 Å². The summed E-state index contributed by atoms with van der Waals surface area (Å²) in [4.78, 5) is 32.0. The van der Waals surface area contributed by atoms with Gasteiger partial charge in [0, 0.05) is 22.7 Å². The lowest BCUT2D eigenvalue weighted by atomic mass is 10.0. The standard InChI is InChI=1S/C19H18N2O3/c1-11-4-5-13-14(10-17(22)24-3)18(21-15(13)8-11)19(23)16-9-12(2)6-7-20-16/h4-9,21H,10H2,1-3H3. The van der Waals surface area contributed by atoms with E-state index >= 15 is 0 Å². The van der Waals surface area contributed by atoms with Crippen molar-refractivity contribution in [1.82, 2.24) is 9.97 Å². The van der Waals surface area contributed by atoms with Crippen molar-refractivity contribution in [3.8, 4) is 0 Å². The lowest BCUT2D eigenvalue weighted by Crippen LogP contribution is -2.11. The number of esters is 1. The van der Waals surface area contributed by atoms with E-state index in [1.807, 2.05) is 38.1 Å². The van der Waals surface area contributed by atoms with Gasteiger partial charge >= 0.3 is 5.97 Å². The van der Waals surface area contributed by atoms with Crippen molar-refractivity contribution in [3.05, 3.63) is 64.6 Å². The van der Waals surface area contributed by atoms with E-state index in [-0.39, 0.29) is 18.2 Å². The Morgan fingerprint density at radius 3 is 2.58 bits per heavy atom. The molecule has 2 heterocycles. The summed E-state index contributed by atoms with van der Waals surface area (Å²) < 4.78 is 4.78. The highest BCUT2D eigenvalue weighted by Crippen LogP contribution is 2.26. The van der Waals surface area contributed by atoms with E-state index in [0.29, 0.717) is 17.0 Å². The zero-order valence-corrected chi connectivity index (χ0v) is 13.8. The van der Waals surface area contributed by atoms with Crippen molar-refractivity contribution >= 4 is 22.7 Å². The van der Waals surface area contributed by atoms with Gasteiger partial charge in [-0.05, 0) is 43.2 Å². The average Bonchev–Trinajstić information content (AvgIpc) is 2.91. The molecule has 0 amide bonds. The SMILES string of the molecule is COC(=O)Cc1c(C(=O)c2cc(C)ccn2)[nH]c2cc(C)ccc12. The molecule has 122 valence electrons. The fraction of sp³-hybridized carbons (Fsp3) is 0.211. The predicted octanol–water partition coefficient (Wildman–Crippen LogP) is 3.13. The van der Waals surface area contributed by atoms with E-state index in [2.05, 4.69) is 9.97 Å². The monoisotopic (exact) mass is 322 g/mol. The van der Waals surface area contributed by atoms with Crippen LogP contribution in [0.4, 0.5) is 0 Å². The molecule has 3 rings (SSSR count). The normalized spacial score (nSPS) is 10.8. The highest BCUT2D eigenvalue weighted by atomic mass is 16.5. The highest BCUT2D eigenvalue weighted by Gasteiger charge is 2.22. The Balaban J connectivity index is 2.16. The molecule has 0 radical (unpaired) electrons. The number of nitrogens with zero attached hydrogens (tertiary/aromatic N) is 1. The van der Waals surface area contributed by atoms with Gasteiger partial charge in [0.1, 0.15) is 5.69 Å². The van der Waals surface area contributed by atoms with Crippen LogP contribution >= 0.6 is 0 Å². The number of carbonyl (C=O) groups excluding carboxylic acids is 2. The van der Waals surface area contributed by atoms with Gasteiger partial charge in [0.2, 0.25) is 5.78 Å². The van der Waals surface area contributed by atoms with Crippen molar-refractivity contribution in [2.45, 2.75) is 20.3 Å². The number of nitrogens with one attached hydrogen (secondary N) is 1. The van der Waals surface area contributed by atoms with Crippen LogP contribution in [-0.2, 0) is 16.0 Å². The third kappa shape index (κ3) is 2.93. The molecule has 0 saturated heterocycles. The maximum Gasteiger partial charge on any atom is 0.310 e. The van der Waals surface area contributed by atoms with Crippen molar-refractivity contribution < 1.29 is 14.3 Å². The third-order valence-corrected chi connectivity index (χ3v) is 3.99. The van der Waals surface area contributed by atoms with Crippen LogP contribution in [0.25, 0.3) is 10.9 Å². The van der Waals surface area contributed by atoms with Crippen molar-refractivity contribution in [2.24, 2.45) is 0 Å². The van der Waals surface area contributed by atoms with Crippen molar-refractivity contribution in [1.29, 1.82) is 0 Å². The summed E-state index contributed by atoms with van der Waals surface area (Å²) in [6.07, 6.45) is 1.64. The van der Waals surface area contributed by atoms with Crippen LogP contribution in [0, 0.1) is 13.8 Å². The molecule has 3 aromatic rings. The minimum atomic E-state index is -0.386. The Kier molecular flexibility index (Phi) is 4.16. The minimum Gasteiger partial charge on any atom is -0.469 e. The van der Waals surface area contributed by atoms with E-state index < -0.39 is 0 Å². The third-order valence-electron chi connectivity index (χ3n) is 3.99. The molecule has 0 spiro atoms. The second kappa shape index (κ2) is 6.28. The van der Waals surface area contributed by atoms with E-state index in [0.717, 1.165) is 22.0 Å². The molecule has 0 fully saturated rings. The van der Waals surface area contributed by atoms with Crippen molar-refractivity contribution in [2.75, 3.05) is 7.11 Å². The number of pyridine rings is 1. The topological polar surface area (TPSA) is 72.1 Å². The number of aryl methyl sites for hydroxylation is 2. The van der Waals surface area contributed by atoms with Gasteiger partial charge in [-0.3, -0.25) is 14.6 Å². The van der Waals surface area contributed by atoms with Crippen LogP contribution < -0.4 is 0 Å². The van der Waals surface area contributed by atoms with Crippen LogP contribution in [0.15, 0.2) is 36.5 Å². The molecule has 5 nitrogen and oxygen atoms in total. The number of aromatic amines is 1. The Morgan fingerprint density at radius 1 is 1.12 bits per heavy atom. The zero-order valence-electron chi connectivity index (χ0n) is 13.8. The molecule has 5 heteroatoms. The highest BCUT2D eigenvalue weighted by molar-refractivity contribution is 6.11. The molecule has 2 aromatic heterocycles. The smallest absolute Gasteiger partial charge is 0.310 e.